The molecule has 1 N–H and O–H groups in total. The minimum absolute atomic E-state index is 0.737. The number of aromatic amines is 1. The van der Waals surface area contributed by atoms with Crippen LogP contribution < -0.4 is 0 Å². The Morgan fingerprint density at radius 1 is 0.870 bits per heavy atom. The summed E-state index contributed by atoms with van der Waals surface area (Å²) in [4.78, 5) is 7.96. The molecule has 0 fully saturated rings. The third kappa shape index (κ3) is 2.99. The zero-order valence-corrected chi connectivity index (χ0v) is 13.2. The van der Waals surface area contributed by atoms with Crippen molar-refractivity contribution in [3.05, 3.63) is 89.3 Å². The number of halogens is 1. The highest BCUT2D eigenvalue weighted by Gasteiger charge is 2.05. The largest absolute Gasteiger partial charge is 0.348 e. The van der Waals surface area contributed by atoms with Gasteiger partial charge in [-0.3, -0.25) is 0 Å². The highest BCUT2D eigenvalue weighted by Crippen LogP contribution is 2.21. The number of H-pyrrole nitrogens is 1. The Labute approximate surface area is 139 Å². The molecule has 0 radical (unpaired) electrons. The van der Waals surface area contributed by atoms with Crippen LogP contribution in [0.25, 0.3) is 22.0 Å². The van der Waals surface area contributed by atoms with E-state index in [0.717, 1.165) is 28.5 Å². The number of rotatable bonds is 3. The highest BCUT2D eigenvalue weighted by molar-refractivity contribution is 6.30. The Balaban J connectivity index is 1.60. The average Bonchev–Trinajstić information content (AvgIpc) is 3.04. The predicted molar refractivity (Wildman–Crippen MR) is 95.8 cm³/mol. The molecule has 0 aliphatic carbocycles. The van der Waals surface area contributed by atoms with Gasteiger partial charge < -0.3 is 4.98 Å². The summed E-state index contributed by atoms with van der Waals surface area (Å²) < 4.78 is 0. The molecule has 2 nitrogen and oxygen atoms in total. The molecule has 1 heterocycles. The third-order valence-electron chi connectivity index (χ3n) is 3.96. The van der Waals surface area contributed by atoms with Gasteiger partial charge in [0.2, 0.25) is 0 Å². The molecule has 23 heavy (non-hydrogen) atoms. The zero-order chi connectivity index (χ0) is 15.6. The minimum Gasteiger partial charge on any atom is -0.348 e. The first-order valence-corrected chi connectivity index (χ1v) is 7.94. The van der Waals surface area contributed by atoms with Crippen molar-refractivity contribution in [1.82, 2.24) is 9.97 Å². The number of imidazole rings is 1. The van der Waals surface area contributed by atoms with E-state index < -0.39 is 0 Å². The van der Waals surface area contributed by atoms with Crippen LogP contribution in [0, 0.1) is 0 Å². The Morgan fingerprint density at radius 2 is 1.65 bits per heavy atom. The van der Waals surface area contributed by atoms with Crippen LogP contribution in [0.3, 0.4) is 0 Å². The van der Waals surface area contributed by atoms with E-state index in [-0.39, 0.29) is 0 Å². The number of aromatic nitrogens is 2. The first kappa shape index (κ1) is 14.0. The first-order valence-electron chi connectivity index (χ1n) is 7.56. The van der Waals surface area contributed by atoms with Gasteiger partial charge in [0, 0.05) is 23.2 Å². The maximum atomic E-state index is 5.93. The normalized spacial score (nSPS) is 11.0. The van der Waals surface area contributed by atoms with E-state index in [2.05, 4.69) is 52.4 Å². The van der Waals surface area contributed by atoms with E-state index in [0.29, 0.717) is 0 Å². The second kappa shape index (κ2) is 5.90. The monoisotopic (exact) mass is 318 g/mol. The van der Waals surface area contributed by atoms with Gasteiger partial charge in [0.15, 0.2) is 0 Å². The zero-order valence-electron chi connectivity index (χ0n) is 12.5. The maximum absolute atomic E-state index is 5.93. The third-order valence-corrected chi connectivity index (χ3v) is 4.21. The molecule has 0 amide bonds. The molecule has 4 aromatic rings. The van der Waals surface area contributed by atoms with Gasteiger partial charge >= 0.3 is 0 Å². The maximum Gasteiger partial charge on any atom is 0.111 e. The molecule has 112 valence electrons. The summed E-state index contributed by atoms with van der Waals surface area (Å²) in [6, 6.07) is 22.7. The van der Waals surface area contributed by atoms with Crippen LogP contribution in [-0.4, -0.2) is 9.97 Å². The van der Waals surface area contributed by atoms with Crippen molar-refractivity contribution < 1.29 is 0 Å². The fourth-order valence-electron chi connectivity index (χ4n) is 2.76. The summed E-state index contributed by atoms with van der Waals surface area (Å²) in [5, 5.41) is 3.26. The van der Waals surface area contributed by atoms with Crippen molar-refractivity contribution in [2.75, 3.05) is 0 Å². The van der Waals surface area contributed by atoms with Gasteiger partial charge in [-0.2, -0.15) is 0 Å². The smallest absolute Gasteiger partial charge is 0.111 e. The van der Waals surface area contributed by atoms with Crippen molar-refractivity contribution in [1.29, 1.82) is 0 Å². The van der Waals surface area contributed by atoms with Gasteiger partial charge in [0.1, 0.15) is 5.82 Å². The second-order valence-electron chi connectivity index (χ2n) is 5.60. The minimum atomic E-state index is 0.737. The molecule has 3 heteroatoms. The van der Waals surface area contributed by atoms with Gasteiger partial charge in [-0.25, -0.2) is 4.98 Å². The SMILES string of the molecule is Clc1ccc(-c2c[nH]c(Cc3ccc4ccccc4c3)n2)cc1. The Bertz CT molecular complexity index is 955. The number of benzene rings is 3. The lowest BCUT2D eigenvalue weighted by Gasteiger charge is -2.02. The molecule has 0 saturated heterocycles. The van der Waals surface area contributed by atoms with Crippen molar-refractivity contribution >= 4 is 22.4 Å². The number of fused-ring (bicyclic) bond motifs is 1. The number of hydrogen-bond acceptors (Lipinski definition) is 1. The van der Waals surface area contributed by atoms with E-state index in [1.807, 2.05) is 30.5 Å². The number of nitrogens with zero attached hydrogens (tertiary/aromatic N) is 1. The summed E-state index contributed by atoms with van der Waals surface area (Å²) in [6.45, 7) is 0. The highest BCUT2D eigenvalue weighted by atomic mass is 35.5. The molecule has 4 rings (SSSR count). The van der Waals surface area contributed by atoms with Crippen LogP contribution in [0.1, 0.15) is 11.4 Å². The van der Waals surface area contributed by atoms with Crippen LogP contribution in [0.4, 0.5) is 0 Å². The lowest BCUT2D eigenvalue weighted by Crippen LogP contribution is -1.91. The van der Waals surface area contributed by atoms with Crippen LogP contribution >= 0.6 is 11.6 Å². The summed E-state index contributed by atoms with van der Waals surface area (Å²) in [5.41, 5.74) is 3.26. The summed E-state index contributed by atoms with van der Waals surface area (Å²) in [6.07, 6.45) is 2.73. The van der Waals surface area contributed by atoms with Crippen molar-refractivity contribution in [2.45, 2.75) is 6.42 Å². The van der Waals surface area contributed by atoms with E-state index in [1.54, 1.807) is 0 Å². The molecule has 0 aliphatic heterocycles. The van der Waals surface area contributed by atoms with E-state index in [4.69, 9.17) is 11.6 Å². The molecule has 0 spiro atoms. The van der Waals surface area contributed by atoms with Gasteiger partial charge in [-0.1, -0.05) is 66.2 Å². The molecule has 0 aliphatic rings. The Hall–Kier alpha value is -2.58. The molecule has 3 aromatic carbocycles. The van der Waals surface area contributed by atoms with Gasteiger partial charge in [-0.15, -0.1) is 0 Å². The summed E-state index contributed by atoms with van der Waals surface area (Å²) in [5.74, 6) is 0.963. The summed E-state index contributed by atoms with van der Waals surface area (Å²) >= 11 is 5.93. The van der Waals surface area contributed by atoms with Crippen molar-refractivity contribution in [2.24, 2.45) is 0 Å². The summed E-state index contributed by atoms with van der Waals surface area (Å²) in [7, 11) is 0. The van der Waals surface area contributed by atoms with Crippen LogP contribution in [0.15, 0.2) is 72.9 Å². The van der Waals surface area contributed by atoms with Gasteiger partial charge in [-0.05, 0) is 28.5 Å². The molecule has 0 bridgehead atoms. The lowest BCUT2D eigenvalue weighted by molar-refractivity contribution is 1.03. The molecule has 0 atom stereocenters. The van der Waals surface area contributed by atoms with E-state index in [1.165, 1.54) is 16.3 Å². The van der Waals surface area contributed by atoms with E-state index >= 15 is 0 Å². The molecule has 0 unspecified atom stereocenters. The number of nitrogens with one attached hydrogen (secondary N) is 1. The second-order valence-corrected chi connectivity index (χ2v) is 6.03. The lowest BCUT2D eigenvalue weighted by atomic mass is 10.1. The first-order chi connectivity index (χ1) is 11.3. The van der Waals surface area contributed by atoms with Gasteiger partial charge in [0.05, 0.1) is 5.69 Å². The topological polar surface area (TPSA) is 28.7 Å². The van der Waals surface area contributed by atoms with Crippen molar-refractivity contribution in [3.8, 4) is 11.3 Å². The predicted octanol–water partition coefficient (Wildman–Crippen LogP) is 5.47. The quantitative estimate of drug-likeness (QED) is 0.533. The fourth-order valence-corrected chi connectivity index (χ4v) is 2.89. The molecular formula is C20H15ClN2. The number of hydrogen-bond donors (Lipinski definition) is 1. The Morgan fingerprint density at radius 3 is 2.48 bits per heavy atom. The Kier molecular flexibility index (Phi) is 3.60. The van der Waals surface area contributed by atoms with Gasteiger partial charge in [0.25, 0.3) is 0 Å². The van der Waals surface area contributed by atoms with Crippen LogP contribution in [-0.2, 0) is 6.42 Å². The van der Waals surface area contributed by atoms with E-state index in [9.17, 15) is 0 Å². The molecule has 1 aromatic heterocycles. The van der Waals surface area contributed by atoms with Crippen molar-refractivity contribution in [3.63, 3.8) is 0 Å². The average molecular weight is 319 g/mol. The van der Waals surface area contributed by atoms with Crippen LogP contribution in [0.5, 0.6) is 0 Å². The molecular weight excluding hydrogens is 304 g/mol. The fraction of sp³-hybridized carbons (Fsp3) is 0.0500. The standard InChI is InChI=1S/C20H15ClN2/c21-18-9-7-16(8-10-18)19-13-22-20(23-19)12-14-5-6-15-3-1-2-4-17(15)11-14/h1-11,13H,12H2,(H,22,23). The van der Waals surface area contributed by atoms with Crippen LogP contribution in [0.2, 0.25) is 5.02 Å². The molecule has 0 saturated carbocycles.